The molecule has 0 radical (unpaired) electrons. The van der Waals surface area contributed by atoms with Gasteiger partial charge in [-0.2, -0.15) is 0 Å². The molecule has 1 amide bonds. The van der Waals surface area contributed by atoms with Crippen LogP contribution in [0, 0.1) is 18.8 Å². The summed E-state index contributed by atoms with van der Waals surface area (Å²) >= 11 is 0. The normalized spacial score (nSPS) is 31.2. The van der Waals surface area contributed by atoms with Crippen molar-refractivity contribution in [2.24, 2.45) is 11.8 Å². The van der Waals surface area contributed by atoms with Crippen LogP contribution in [0.3, 0.4) is 0 Å². The highest BCUT2D eigenvalue weighted by molar-refractivity contribution is 5.96. The molecule has 1 aromatic rings. The van der Waals surface area contributed by atoms with Crippen LogP contribution in [0.15, 0.2) is 24.3 Å². The van der Waals surface area contributed by atoms with E-state index in [9.17, 15) is 14.7 Å². The van der Waals surface area contributed by atoms with Gasteiger partial charge in [-0.15, -0.1) is 0 Å². The van der Waals surface area contributed by atoms with Crippen molar-refractivity contribution in [2.45, 2.75) is 32.0 Å². The van der Waals surface area contributed by atoms with Crippen molar-refractivity contribution < 1.29 is 19.4 Å². The van der Waals surface area contributed by atoms with Gasteiger partial charge in [-0.25, -0.2) is 0 Å². The first-order valence-electron chi connectivity index (χ1n) is 6.82. The molecule has 2 saturated heterocycles. The summed E-state index contributed by atoms with van der Waals surface area (Å²) in [7, 11) is 0. The number of carbonyl (C=O) groups is 2. The van der Waals surface area contributed by atoms with Crippen LogP contribution in [0.4, 0.5) is 5.69 Å². The zero-order valence-electron chi connectivity index (χ0n) is 11.2. The Balaban J connectivity index is 1.78. The van der Waals surface area contributed by atoms with Crippen LogP contribution in [-0.2, 0) is 14.3 Å². The predicted octanol–water partition coefficient (Wildman–Crippen LogP) is 1.81. The highest BCUT2D eigenvalue weighted by Crippen LogP contribution is 2.44. The molecule has 2 aliphatic rings. The number of ether oxygens (including phenoxy) is 1. The first kappa shape index (κ1) is 13.1. The van der Waals surface area contributed by atoms with Gasteiger partial charge in [-0.1, -0.05) is 12.1 Å². The topological polar surface area (TPSA) is 75.6 Å². The van der Waals surface area contributed by atoms with Gasteiger partial charge < -0.3 is 15.2 Å². The van der Waals surface area contributed by atoms with Gasteiger partial charge in [0.2, 0.25) is 5.91 Å². The Hall–Kier alpha value is -1.88. The average molecular weight is 275 g/mol. The molecule has 2 aliphatic heterocycles. The molecule has 0 aliphatic carbocycles. The van der Waals surface area contributed by atoms with Crippen molar-refractivity contribution in [2.75, 3.05) is 5.32 Å². The lowest BCUT2D eigenvalue weighted by Crippen LogP contribution is -2.40. The summed E-state index contributed by atoms with van der Waals surface area (Å²) in [5.74, 6) is -2.51. The summed E-state index contributed by atoms with van der Waals surface area (Å²) < 4.78 is 5.60. The summed E-state index contributed by atoms with van der Waals surface area (Å²) in [4.78, 5) is 23.7. The molecule has 5 heteroatoms. The smallest absolute Gasteiger partial charge is 0.310 e. The fourth-order valence-electron chi connectivity index (χ4n) is 3.27. The third kappa shape index (κ3) is 2.18. The quantitative estimate of drug-likeness (QED) is 0.882. The van der Waals surface area contributed by atoms with Crippen molar-refractivity contribution in [1.82, 2.24) is 0 Å². The number of amides is 1. The van der Waals surface area contributed by atoms with Crippen molar-refractivity contribution >= 4 is 17.6 Å². The largest absolute Gasteiger partial charge is 0.481 e. The Kier molecular flexibility index (Phi) is 3.22. The second-order valence-electron chi connectivity index (χ2n) is 5.54. The first-order chi connectivity index (χ1) is 9.56. The number of fused-ring (bicyclic) bond motifs is 2. The predicted molar refractivity (Wildman–Crippen MR) is 72.3 cm³/mol. The Morgan fingerprint density at radius 3 is 2.60 bits per heavy atom. The molecule has 2 fully saturated rings. The third-order valence-electron chi connectivity index (χ3n) is 4.15. The van der Waals surface area contributed by atoms with Gasteiger partial charge in [0, 0.05) is 5.69 Å². The molecule has 20 heavy (non-hydrogen) atoms. The number of hydrogen-bond donors (Lipinski definition) is 2. The molecule has 2 heterocycles. The molecule has 1 aromatic carbocycles. The minimum atomic E-state index is -0.943. The van der Waals surface area contributed by atoms with Crippen LogP contribution in [0.25, 0.3) is 0 Å². The van der Waals surface area contributed by atoms with Crippen molar-refractivity contribution in [3.63, 3.8) is 0 Å². The fraction of sp³-hybridized carbons (Fsp3) is 0.467. The van der Waals surface area contributed by atoms with Gasteiger partial charge in [0.05, 0.1) is 24.0 Å². The molecule has 4 unspecified atom stereocenters. The van der Waals surface area contributed by atoms with Crippen molar-refractivity contribution in [3.05, 3.63) is 29.8 Å². The van der Waals surface area contributed by atoms with E-state index in [0.29, 0.717) is 5.69 Å². The lowest BCUT2D eigenvalue weighted by Gasteiger charge is -2.23. The zero-order chi connectivity index (χ0) is 14.3. The molecule has 0 aromatic heterocycles. The number of aliphatic carboxylic acids is 1. The van der Waals surface area contributed by atoms with Crippen LogP contribution in [0.2, 0.25) is 0 Å². The average Bonchev–Trinajstić information content (AvgIpc) is 2.98. The van der Waals surface area contributed by atoms with E-state index in [2.05, 4.69) is 5.32 Å². The van der Waals surface area contributed by atoms with E-state index in [1.165, 1.54) is 0 Å². The molecule has 0 spiro atoms. The molecule has 106 valence electrons. The van der Waals surface area contributed by atoms with E-state index in [1.807, 2.05) is 25.1 Å². The summed E-state index contributed by atoms with van der Waals surface area (Å²) in [5, 5.41) is 12.1. The maximum atomic E-state index is 12.4. The highest BCUT2D eigenvalue weighted by Gasteiger charge is 2.55. The number of anilines is 1. The van der Waals surface area contributed by atoms with Crippen LogP contribution in [0.5, 0.6) is 0 Å². The Morgan fingerprint density at radius 1 is 1.25 bits per heavy atom. The van der Waals surface area contributed by atoms with Gasteiger partial charge in [0.1, 0.15) is 0 Å². The van der Waals surface area contributed by atoms with E-state index in [0.717, 1.165) is 18.4 Å². The van der Waals surface area contributed by atoms with Crippen LogP contribution < -0.4 is 5.32 Å². The molecular weight excluding hydrogens is 258 g/mol. The standard InChI is InChI=1S/C15H17NO4/c1-8-3-2-4-9(7-8)16-14(17)12-10-5-6-11(20-10)13(12)15(18)19/h2-4,7,10-13H,5-6H2,1H3,(H,16,17)(H,18,19). The molecule has 5 nitrogen and oxygen atoms in total. The highest BCUT2D eigenvalue weighted by atomic mass is 16.5. The monoisotopic (exact) mass is 275 g/mol. The van der Waals surface area contributed by atoms with Crippen LogP contribution in [-0.4, -0.2) is 29.2 Å². The number of rotatable bonds is 3. The third-order valence-corrected chi connectivity index (χ3v) is 4.15. The van der Waals surface area contributed by atoms with Gasteiger partial charge in [0.25, 0.3) is 0 Å². The molecule has 2 N–H and O–H groups in total. The van der Waals surface area contributed by atoms with Gasteiger partial charge in [0.15, 0.2) is 0 Å². The summed E-state index contributed by atoms with van der Waals surface area (Å²) in [6.07, 6.45) is 0.924. The number of nitrogens with one attached hydrogen (secondary N) is 1. The summed E-state index contributed by atoms with van der Waals surface area (Å²) in [5.41, 5.74) is 1.74. The van der Waals surface area contributed by atoms with Gasteiger partial charge in [-0.3, -0.25) is 9.59 Å². The van der Waals surface area contributed by atoms with E-state index in [-0.39, 0.29) is 18.1 Å². The fourth-order valence-corrected chi connectivity index (χ4v) is 3.27. The second kappa shape index (κ2) is 4.90. The SMILES string of the molecule is Cc1cccc(NC(=O)C2C3CCC(O3)C2C(=O)O)c1. The molecular formula is C15H17NO4. The summed E-state index contributed by atoms with van der Waals surface area (Å²) in [6.45, 7) is 1.94. The van der Waals surface area contributed by atoms with Crippen molar-refractivity contribution in [1.29, 1.82) is 0 Å². The molecule has 0 saturated carbocycles. The lowest BCUT2D eigenvalue weighted by atomic mass is 9.78. The number of aryl methyl sites for hydroxylation is 1. The lowest BCUT2D eigenvalue weighted by molar-refractivity contribution is -0.147. The zero-order valence-corrected chi connectivity index (χ0v) is 11.2. The minimum Gasteiger partial charge on any atom is -0.481 e. The minimum absolute atomic E-state index is 0.254. The number of carbonyl (C=O) groups excluding carboxylic acids is 1. The van der Waals surface area contributed by atoms with Gasteiger partial charge in [-0.05, 0) is 37.5 Å². The first-order valence-corrected chi connectivity index (χ1v) is 6.82. The molecule has 4 atom stereocenters. The Bertz CT molecular complexity index is 557. The molecule has 3 rings (SSSR count). The van der Waals surface area contributed by atoms with Crippen molar-refractivity contribution in [3.8, 4) is 0 Å². The molecule has 2 bridgehead atoms. The van der Waals surface area contributed by atoms with Crippen LogP contribution >= 0.6 is 0 Å². The van der Waals surface area contributed by atoms with E-state index >= 15 is 0 Å². The Morgan fingerprint density at radius 2 is 1.95 bits per heavy atom. The van der Waals surface area contributed by atoms with E-state index < -0.39 is 17.8 Å². The van der Waals surface area contributed by atoms with Crippen LogP contribution in [0.1, 0.15) is 18.4 Å². The maximum Gasteiger partial charge on any atom is 0.310 e. The maximum absolute atomic E-state index is 12.4. The Labute approximate surface area is 116 Å². The number of benzene rings is 1. The van der Waals surface area contributed by atoms with E-state index in [4.69, 9.17) is 4.74 Å². The number of carboxylic acids is 1. The van der Waals surface area contributed by atoms with E-state index in [1.54, 1.807) is 6.07 Å². The summed E-state index contributed by atoms with van der Waals surface area (Å²) in [6, 6.07) is 7.46. The number of hydrogen-bond acceptors (Lipinski definition) is 3. The number of carboxylic acid groups (broad SMARTS) is 1. The van der Waals surface area contributed by atoms with Gasteiger partial charge >= 0.3 is 5.97 Å². The second-order valence-corrected chi connectivity index (χ2v) is 5.54.